The van der Waals surface area contributed by atoms with Crippen molar-refractivity contribution in [2.24, 2.45) is 0 Å². The summed E-state index contributed by atoms with van der Waals surface area (Å²) in [5.74, 6) is 0.497. The molecule has 1 atom stereocenters. The van der Waals surface area contributed by atoms with E-state index in [1.54, 1.807) is 24.3 Å². The van der Waals surface area contributed by atoms with E-state index in [9.17, 15) is 4.79 Å². The molecule has 0 bridgehead atoms. The second kappa shape index (κ2) is 10.0. The molecule has 27 heavy (non-hydrogen) atoms. The summed E-state index contributed by atoms with van der Waals surface area (Å²) in [5, 5.41) is 6.04. The van der Waals surface area contributed by atoms with Gasteiger partial charge >= 0.3 is 0 Å². The normalized spacial score (nSPS) is 15.9. The molecule has 1 fully saturated rings. The van der Waals surface area contributed by atoms with Crippen LogP contribution in [0.15, 0.2) is 54.6 Å². The third-order valence-corrected chi connectivity index (χ3v) is 4.61. The van der Waals surface area contributed by atoms with Crippen LogP contribution >= 0.6 is 12.2 Å². The van der Waals surface area contributed by atoms with Gasteiger partial charge in [-0.1, -0.05) is 30.3 Å². The molecule has 2 N–H and O–H groups in total. The fourth-order valence-corrected chi connectivity index (χ4v) is 3.04. The molecule has 0 radical (unpaired) electrons. The van der Waals surface area contributed by atoms with Gasteiger partial charge in [0.15, 0.2) is 5.11 Å². The molecule has 1 aliphatic rings. The summed E-state index contributed by atoms with van der Waals surface area (Å²) >= 11 is 5.17. The minimum Gasteiger partial charge on any atom is -0.493 e. The third-order valence-electron chi connectivity index (χ3n) is 4.36. The Balaban J connectivity index is 1.40. The Morgan fingerprint density at radius 1 is 1.15 bits per heavy atom. The monoisotopic (exact) mass is 384 g/mol. The number of benzene rings is 2. The quantitative estimate of drug-likeness (QED) is 0.719. The van der Waals surface area contributed by atoms with Gasteiger partial charge in [0.1, 0.15) is 5.75 Å². The molecule has 2 aromatic rings. The average molecular weight is 385 g/mol. The highest BCUT2D eigenvalue weighted by Crippen LogP contribution is 2.13. The summed E-state index contributed by atoms with van der Waals surface area (Å²) in [6, 6.07) is 17.2. The zero-order valence-electron chi connectivity index (χ0n) is 15.1. The van der Waals surface area contributed by atoms with E-state index in [-0.39, 0.29) is 12.0 Å². The lowest BCUT2D eigenvalue weighted by atomic mass is 10.2. The van der Waals surface area contributed by atoms with Gasteiger partial charge in [0, 0.05) is 25.1 Å². The van der Waals surface area contributed by atoms with Crippen LogP contribution in [0, 0.1) is 0 Å². The van der Waals surface area contributed by atoms with Crippen molar-refractivity contribution in [1.29, 1.82) is 0 Å². The van der Waals surface area contributed by atoms with Gasteiger partial charge in [-0.25, -0.2) is 0 Å². The van der Waals surface area contributed by atoms with Crippen LogP contribution in [0.5, 0.6) is 5.75 Å². The lowest BCUT2D eigenvalue weighted by Gasteiger charge is -2.13. The standard InChI is InChI=1S/C21H24N2O3S/c24-20(23-21(27)22-15-19-7-4-13-25-19)17-8-10-18(11-9-17)26-14-12-16-5-2-1-3-6-16/h1-3,5-6,8-11,19H,4,7,12-15H2,(H2,22,23,24,27). The number of carbonyl (C=O) groups excluding carboxylic acids is 1. The van der Waals surface area contributed by atoms with E-state index in [0.717, 1.165) is 31.6 Å². The Morgan fingerprint density at radius 2 is 1.93 bits per heavy atom. The molecule has 2 aromatic carbocycles. The van der Waals surface area contributed by atoms with E-state index in [1.165, 1.54) is 5.56 Å². The van der Waals surface area contributed by atoms with Crippen LogP contribution < -0.4 is 15.4 Å². The van der Waals surface area contributed by atoms with Crippen LogP contribution in [0.4, 0.5) is 0 Å². The minimum absolute atomic E-state index is 0.173. The van der Waals surface area contributed by atoms with Gasteiger partial charge in [-0.3, -0.25) is 10.1 Å². The lowest BCUT2D eigenvalue weighted by molar-refractivity contribution is 0.0973. The van der Waals surface area contributed by atoms with Crippen LogP contribution in [0.1, 0.15) is 28.8 Å². The molecule has 142 valence electrons. The Morgan fingerprint density at radius 3 is 2.63 bits per heavy atom. The number of carbonyl (C=O) groups is 1. The molecule has 0 saturated carbocycles. The van der Waals surface area contributed by atoms with Crippen LogP contribution in [0.2, 0.25) is 0 Å². The molecule has 1 unspecified atom stereocenters. The minimum atomic E-state index is -0.240. The molecule has 0 aliphatic carbocycles. The van der Waals surface area contributed by atoms with Crippen LogP contribution in [-0.4, -0.2) is 36.9 Å². The topological polar surface area (TPSA) is 59.6 Å². The molecule has 1 aliphatic heterocycles. The van der Waals surface area contributed by atoms with Crippen molar-refractivity contribution in [3.63, 3.8) is 0 Å². The number of thiocarbonyl (C=S) groups is 1. The summed E-state index contributed by atoms with van der Waals surface area (Å²) < 4.78 is 11.3. The molecule has 3 rings (SSSR count). The number of hydrogen-bond acceptors (Lipinski definition) is 4. The Bertz CT molecular complexity index is 744. The molecule has 6 heteroatoms. The average Bonchev–Trinajstić information content (AvgIpc) is 3.21. The van der Waals surface area contributed by atoms with E-state index in [2.05, 4.69) is 22.8 Å². The van der Waals surface area contributed by atoms with Crippen molar-refractivity contribution < 1.29 is 14.3 Å². The molecule has 0 aromatic heterocycles. The van der Waals surface area contributed by atoms with E-state index < -0.39 is 0 Å². The van der Waals surface area contributed by atoms with Crippen molar-refractivity contribution >= 4 is 23.2 Å². The Labute approximate surface area is 165 Å². The predicted octanol–water partition coefficient (Wildman–Crippen LogP) is 3.09. The van der Waals surface area contributed by atoms with E-state index in [1.807, 2.05) is 18.2 Å². The molecule has 5 nitrogen and oxygen atoms in total. The largest absolute Gasteiger partial charge is 0.493 e. The number of ether oxygens (including phenoxy) is 2. The Hall–Kier alpha value is -2.44. The van der Waals surface area contributed by atoms with Gasteiger partial charge in [0.05, 0.1) is 12.7 Å². The number of rotatable bonds is 7. The fraction of sp³-hybridized carbons (Fsp3) is 0.333. The summed E-state index contributed by atoms with van der Waals surface area (Å²) in [7, 11) is 0. The van der Waals surface area contributed by atoms with Crippen molar-refractivity contribution in [2.45, 2.75) is 25.4 Å². The van der Waals surface area contributed by atoms with Gasteiger partial charge in [-0.2, -0.15) is 0 Å². The lowest BCUT2D eigenvalue weighted by Crippen LogP contribution is -2.42. The van der Waals surface area contributed by atoms with Gasteiger partial charge in [-0.05, 0) is 54.9 Å². The number of hydrogen-bond donors (Lipinski definition) is 2. The molecular formula is C21H24N2O3S. The third kappa shape index (κ3) is 6.34. The van der Waals surface area contributed by atoms with E-state index in [0.29, 0.717) is 23.8 Å². The SMILES string of the molecule is O=C(NC(=S)NCC1CCCO1)c1ccc(OCCc2ccccc2)cc1. The number of nitrogens with one attached hydrogen (secondary N) is 2. The highest BCUT2D eigenvalue weighted by Gasteiger charge is 2.16. The van der Waals surface area contributed by atoms with E-state index >= 15 is 0 Å². The Kier molecular flexibility index (Phi) is 7.19. The van der Waals surface area contributed by atoms with Gasteiger partial charge in [0.2, 0.25) is 0 Å². The highest BCUT2D eigenvalue weighted by molar-refractivity contribution is 7.80. The molecule has 0 spiro atoms. The summed E-state index contributed by atoms with van der Waals surface area (Å²) in [6.45, 7) is 2.01. The van der Waals surface area contributed by atoms with Crippen LogP contribution in [-0.2, 0) is 11.2 Å². The second-order valence-corrected chi connectivity index (χ2v) is 6.82. The first kappa shape index (κ1) is 19.3. The van der Waals surface area contributed by atoms with Gasteiger partial charge in [0.25, 0.3) is 5.91 Å². The maximum absolute atomic E-state index is 12.3. The number of amides is 1. The highest BCUT2D eigenvalue weighted by atomic mass is 32.1. The first-order chi connectivity index (χ1) is 13.2. The molecule has 1 saturated heterocycles. The van der Waals surface area contributed by atoms with Gasteiger partial charge < -0.3 is 14.8 Å². The van der Waals surface area contributed by atoms with Crippen molar-refractivity contribution in [3.8, 4) is 5.75 Å². The predicted molar refractivity (Wildman–Crippen MR) is 109 cm³/mol. The zero-order valence-corrected chi connectivity index (χ0v) is 16.0. The maximum atomic E-state index is 12.3. The molecular weight excluding hydrogens is 360 g/mol. The van der Waals surface area contributed by atoms with Crippen molar-refractivity contribution in [1.82, 2.24) is 10.6 Å². The maximum Gasteiger partial charge on any atom is 0.257 e. The molecule has 1 amide bonds. The molecule has 1 heterocycles. The van der Waals surface area contributed by atoms with Gasteiger partial charge in [-0.15, -0.1) is 0 Å². The summed E-state index contributed by atoms with van der Waals surface area (Å²) in [4.78, 5) is 12.3. The van der Waals surface area contributed by atoms with Crippen molar-refractivity contribution in [2.75, 3.05) is 19.8 Å². The summed E-state index contributed by atoms with van der Waals surface area (Å²) in [5.41, 5.74) is 1.77. The zero-order chi connectivity index (χ0) is 18.9. The second-order valence-electron chi connectivity index (χ2n) is 6.41. The first-order valence-electron chi connectivity index (χ1n) is 9.18. The van der Waals surface area contributed by atoms with E-state index in [4.69, 9.17) is 21.7 Å². The van der Waals surface area contributed by atoms with Crippen molar-refractivity contribution in [3.05, 3.63) is 65.7 Å². The van der Waals surface area contributed by atoms with Crippen LogP contribution in [0.3, 0.4) is 0 Å². The van der Waals surface area contributed by atoms with Crippen LogP contribution in [0.25, 0.3) is 0 Å². The fourth-order valence-electron chi connectivity index (χ4n) is 2.87. The summed E-state index contributed by atoms with van der Waals surface area (Å²) in [6.07, 6.45) is 3.11. The first-order valence-corrected chi connectivity index (χ1v) is 9.59. The smallest absolute Gasteiger partial charge is 0.257 e.